The van der Waals surface area contributed by atoms with E-state index in [9.17, 15) is 0 Å². The van der Waals surface area contributed by atoms with Crippen LogP contribution in [0.3, 0.4) is 0 Å². The van der Waals surface area contributed by atoms with Gasteiger partial charge in [-0.1, -0.05) is 36.4 Å². The molecule has 5 heteroatoms. The van der Waals surface area contributed by atoms with Crippen LogP contribution in [0.25, 0.3) is 27.8 Å². The molecule has 0 aliphatic rings. The molecule has 0 bridgehead atoms. The van der Waals surface area contributed by atoms with Crippen molar-refractivity contribution in [2.75, 3.05) is 5.32 Å². The van der Waals surface area contributed by atoms with E-state index in [0.717, 1.165) is 33.8 Å². The average Bonchev–Trinajstić information content (AvgIpc) is 3.23. The first kappa shape index (κ1) is 18.1. The fraction of sp³-hybridized carbons (Fsp3) is 0.0800. The van der Waals surface area contributed by atoms with E-state index < -0.39 is 0 Å². The van der Waals surface area contributed by atoms with Crippen LogP contribution in [0.15, 0.2) is 91.4 Å². The van der Waals surface area contributed by atoms with Gasteiger partial charge in [-0.25, -0.2) is 9.67 Å². The third-order valence-corrected chi connectivity index (χ3v) is 5.15. The Morgan fingerprint density at radius 1 is 0.900 bits per heavy atom. The van der Waals surface area contributed by atoms with Crippen LogP contribution in [-0.4, -0.2) is 19.7 Å². The van der Waals surface area contributed by atoms with E-state index in [-0.39, 0.29) is 0 Å². The van der Waals surface area contributed by atoms with Crippen molar-refractivity contribution in [3.8, 4) is 16.9 Å². The predicted molar refractivity (Wildman–Crippen MR) is 121 cm³/mol. The average molecular weight is 391 g/mol. The van der Waals surface area contributed by atoms with Gasteiger partial charge in [-0.05, 0) is 48.9 Å². The van der Waals surface area contributed by atoms with Crippen molar-refractivity contribution in [3.05, 3.63) is 103 Å². The summed E-state index contributed by atoms with van der Waals surface area (Å²) >= 11 is 0. The van der Waals surface area contributed by atoms with Gasteiger partial charge < -0.3 is 5.32 Å². The van der Waals surface area contributed by atoms with Crippen LogP contribution in [0.1, 0.15) is 11.1 Å². The monoisotopic (exact) mass is 391 g/mol. The minimum atomic E-state index is 0.620. The van der Waals surface area contributed by atoms with Crippen molar-refractivity contribution < 1.29 is 0 Å². The number of anilines is 1. The fourth-order valence-corrected chi connectivity index (χ4v) is 3.63. The van der Waals surface area contributed by atoms with Gasteiger partial charge in [0.25, 0.3) is 0 Å². The molecule has 5 rings (SSSR count). The number of benzene rings is 2. The van der Waals surface area contributed by atoms with Crippen molar-refractivity contribution in [1.29, 1.82) is 0 Å². The Morgan fingerprint density at radius 3 is 2.50 bits per heavy atom. The van der Waals surface area contributed by atoms with Crippen molar-refractivity contribution in [2.24, 2.45) is 0 Å². The molecule has 0 spiro atoms. The molecule has 30 heavy (non-hydrogen) atoms. The maximum absolute atomic E-state index is 4.86. The molecule has 0 amide bonds. The van der Waals surface area contributed by atoms with E-state index in [4.69, 9.17) is 10.1 Å². The van der Waals surface area contributed by atoms with Crippen LogP contribution in [-0.2, 0) is 6.54 Å². The normalized spacial score (nSPS) is 11.0. The molecular weight excluding hydrogens is 370 g/mol. The number of hydrogen-bond donors (Lipinski definition) is 1. The Hall–Kier alpha value is -3.99. The molecule has 5 nitrogen and oxygen atoms in total. The highest BCUT2D eigenvalue weighted by Crippen LogP contribution is 2.25. The van der Waals surface area contributed by atoms with Crippen molar-refractivity contribution in [2.45, 2.75) is 13.5 Å². The van der Waals surface area contributed by atoms with Crippen molar-refractivity contribution >= 4 is 16.7 Å². The lowest BCUT2D eigenvalue weighted by atomic mass is 10.1. The quantitative estimate of drug-likeness (QED) is 0.436. The van der Waals surface area contributed by atoms with Gasteiger partial charge in [-0.15, -0.1) is 0 Å². The highest BCUT2D eigenvalue weighted by atomic mass is 15.3. The number of hydrogen-bond acceptors (Lipinski definition) is 4. The van der Waals surface area contributed by atoms with Crippen molar-refractivity contribution in [3.63, 3.8) is 0 Å². The SMILES string of the molecule is Cc1cc(NCc2cn(-c3ccccc3)nc2-c2ccncc2)nc2ccccc12. The third-order valence-electron chi connectivity index (χ3n) is 5.15. The summed E-state index contributed by atoms with van der Waals surface area (Å²) in [5, 5.41) is 9.53. The summed E-state index contributed by atoms with van der Waals surface area (Å²) in [4.78, 5) is 8.91. The van der Waals surface area contributed by atoms with E-state index in [2.05, 4.69) is 47.7 Å². The molecule has 0 unspecified atom stereocenters. The third kappa shape index (κ3) is 3.53. The van der Waals surface area contributed by atoms with Crippen LogP contribution in [0.4, 0.5) is 5.82 Å². The molecule has 0 radical (unpaired) electrons. The maximum Gasteiger partial charge on any atom is 0.127 e. The number of aryl methyl sites for hydroxylation is 1. The van der Waals surface area contributed by atoms with Gasteiger partial charge in [0.15, 0.2) is 0 Å². The molecule has 1 N–H and O–H groups in total. The molecule has 146 valence electrons. The highest BCUT2D eigenvalue weighted by molar-refractivity contribution is 5.83. The molecule has 0 saturated carbocycles. The zero-order chi connectivity index (χ0) is 20.3. The Bertz CT molecular complexity index is 1290. The second-order valence-electron chi connectivity index (χ2n) is 7.21. The highest BCUT2D eigenvalue weighted by Gasteiger charge is 2.13. The molecule has 0 aliphatic heterocycles. The maximum atomic E-state index is 4.86. The van der Waals surface area contributed by atoms with Crippen LogP contribution < -0.4 is 5.32 Å². The minimum Gasteiger partial charge on any atom is -0.366 e. The smallest absolute Gasteiger partial charge is 0.127 e. The van der Waals surface area contributed by atoms with Gasteiger partial charge in [-0.3, -0.25) is 4.98 Å². The summed E-state index contributed by atoms with van der Waals surface area (Å²) < 4.78 is 1.92. The Kier molecular flexibility index (Phi) is 4.69. The first-order valence-electron chi connectivity index (χ1n) is 9.92. The molecule has 0 fully saturated rings. The van der Waals surface area contributed by atoms with Gasteiger partial charge in [0.2, 0.25) is 0 Å². The summed E-state index contributed by atoms with van der Waals surface area (Å²) in [5.41, 5.74) is 6.30. The van der Waals surface area contributed by atoms with Crippen LogP contribution in [0.5, 0.6) is 0 Å². The summed E-state index contributed by atoms with van der Waals surface area (Å²) in [6.45, 7) is 2.74. The zero-order valence-corrected chi connectivity index (χ0v) is 16.7. The molecule has 3 heterocycles. The summed E-state index contributed by atoms with van der Waals surface area (Å²) in [5.74, 6) is 0.860. The topological polar surface area (TPSA) is 55.6 Å². The fourth-order valence-electron chi connectivity index (χ4n) is 3.63. The van der Waals surface area contributed by atoms with E-state index in [1.807, 2.05) is 53.2 Å². The number of aromatic nitrogens is 4. The van der Waals surface area contributed by atoms with Gasteiger partial charge in [0, 0.05) is 41.6 Å². The van der Waals surface area contributed by atoms with Gasteiger partial charge in [-0.2, -0.15) is 5.10 Å². The summed E-state index contributed by atoms with van der Waals surface area (Å²) in [6, 6.07) is 24.4. The van der Waals surface area contributed by atoms with Gasteiger partial charge in [0.05, 0.1) is 16.9 Å². The van der Waals surface area contributed by atoms with E-state index >= 15 is 0 Å². The molecular formula is C25H21N5. The van der Waals surface area contributed by atoms with Gasteiger partial charge in [0.1, 0.15) is 5.82 Å². The zero-order valence-electron chi connectivity index (χ0n) is 16.7. The Morgan fingerprint density at radius 2 is 1.67 bits per heavy atom. The Labute approximate surface area is 175 Å². The minimum absolute atomic E-state index is 0.620. The van der Waals surface area contributed by atoms with Gasteiger partial charge >= 0.3 is 0 Å². The van der Waals surface area contributed by atoms with E-state index in [1.165, 1.54) is 10.9 Å². The lowest BCUT2D eigenvalue weighted by molar-refractivity contribution is 0.883. The molecule has 3 aromatic heterocycles. The number of nitrogens with one attached hydrogen (secondary N) is 1. The number of pyridine rings is 2. The molecule has 0 saturated heterocycles. The largest absolute Gasteiger partial charge is 0.366 e. The lowest BCUT2D eigenvalue weighted by Gasteiger charge is -2.09. The number of nitrogens with zero attached hydrogens (tertiary/aromatic N) is 4. The predicted octanol–water partition coefficient (Wildman–Crippen LogP) is 5.40. The summed E-state index contributed by atoms with van der Waals surface area (Å²) in [6.07, 6.45) is 5.66. The second kappa shape index (κ2) is 7.79. The van der Waals surface area contributed by atoms with E-state index in [1.54, 1.807) is 12.4 Å². The molecule has 2 aromatic carbocycles. The standard InChI is InChI=1S/C25H21N5/c1-18-15-24(28-23-10-6-5-9-22(18)23)27-16-20-17-30(21-7-3-2-4-8-21)29-25(20)19-11-13-26-14-12-19/h2-15,17H,16H2,1H3,(H,27,28). The number of para-hydroxylation sites is 2. The van der Waals surface area contributed by atoms with Crippen LogP contribution >= 0.6 is 0 Å². The lowest BCUT2D eigenvalue weighted by Crippen LogP contribution is -2.02. The number of rotatable bonds is 5. The molecule has 0 atom stereocenters. The van der Waals surface area contributed by atoms with E-state index in [0.29, 0.717) is 6.54 Å². The summed E-state index contributed by atoms with van der Waals surface area (Å²) in [7, 11) is 0. The number of fused-ring (bicyclic) bond motifs is 1. The van der Waals surface area contributed by atoms with Crippen LogP contribution in [0.2, 0.25) is 0 Å². The first-order valence-corrected chi connectivity index (χ1v) is 9.92. The molecule has 5 aromatic rings. The molecule has 0 aliphatic carbocycles. The van der Waals surface area contributed by atoms with Crippen molar-refractivity contribution in [1.82, 2.24) is 19.7 Å². The van der Waals surface area contributed by atoms with Crippen LogP contribution in [0, 0.1) is 6.92 Å². The first-order chi connectivity index (χ1) is 14.8. The second-order valence-corrected chi connectivity index (χ2v) is 7.21. The Balaban J connectivity index is 1.50.